The van der Waals surface area contributed by atoms with Crippen LogP contribution in [0, 0.1) is 17.6 Å². The Morgan fingerprint density at radius 3 is 2.52 bits per heavy atom. The number of amides is 1. The lowest BCUT2D eigenvalue weighted by molar-refractivity contribution is -0.123. The minimum absolute atomic E-state index is 0.0148. The molecule has 27 heavy (non-hydrogen) atoms. The summed E-state index contributed by atoms with van der Waals surface area (Å²) >= 11 is 0. The second kappa shape index (κ2) is 10.1. The number of hydrogen-bond acceptors (Lipinski definition) is 3. The quantitative estimate of drug-likeness (QED) is 0.448. The zero-order valence-electron chi connectivity index (χ0n) is 16.3. The molecule has 2 rings (SSSR count). The molecule has 6 nitrogen and oxygen atoms in total. The molecule has 0 aromatic heterocycles. The SMILES string of the molecule is CCNC(=NCCNC(=O)C(C)C)N1CCN(c2cc(F)ccc2F)CC1. The highest BCUT2D eigenvalue weighted by Gasteiger charge is 2.22. The molecule has 0 saturated carbocycles. The van der Waals surface area contributed by atoms with Crippen molar-refractivity contribution in [3.05, 3.63) is 29.8 Å². The molecule has 8 heteroatoms. The van der Waals surface area contributed by atoms with E-state index in [-0.39, 0.29) is 11.8 Å². The Bertz CT molecular complexity index is 658. The molecule has 1 heterocycles. The van der Waals surface area contributed by atoms with E-state index in [1.807, 2.05) is 25.7 Å². The van der Waals surface area contributed by atoms with Crippen molar-refractivity contribution in [2.75, 3.05) is 50.7 Å². The molecular weight excluding hydrogens is 352 g/mol. The van der Waals surface area contributed by atoms with Gasteiger partial charge in [0, 0.05) is 51.3 Å². The van der Waals surface area contributed by atoms with Crippen molar-refractivity contribution in [3.63, 3.8) is 0 Å². The zero-order chi connectivity index (χ0) is 19.8. The summed E-state index contributed by atoms with van der Waals surface area (Å²) in [6.07, 6.45) is 0. The molecule has 0 unspecified atom stereocenters. The lowest BCUT2D eigenvalue weighted by Crippen LogP contribution is -2.53. The minimum Gasteiger partial charge on any atom is -0.366 e. The van der Waals surface area contributed by atoms with Crippen LogP contribution >= 0.6 is 0 Å². The largest absolute Gasteiger partial charge is 0.366 e. The Balaban J connectivity index is 1.91. The van der Waals surface area contributed by atoms with E-state index in [1.165, 1.54) is 6.07 Å². The zero-order valence-corrected chi connectivity index (χ0v) is 16.3. The molecule has 0 spiro atoms. The lowest BCUT2D eigenvalue weighted by Gasteiger charge is -2.37. The molecule has 1 saturated heterocycles. The Kier molecular flexibility index (Phi) is 7.82. The molecule has 0 aliphatic carbocycles. The van der Waals surface area contributed by atoms with Gasteiger partial charge in [0.25, 0.3) is 0 Å². The highest BCUT2D eigenvalue weighted by Crippen LogP contribution is 2.21. The molecule has 150 valence electrons. The molecule has 1 aromatic carbocycles. The van der Waals surface area contributed by atoms with Crippen molar-refractivity contribution in [1.82, 2.24) is 15.5 Å². The number of nitrogens with one attached hydrogen (secondary N) is 2. The number of halogens is 2. The number of piperazine rings is 1. The fourth-order valence-corrected chi connectivity index (χ4v) is 2.86. The average Bonchev–Trinajstić information content (AvgIpc) is 2.66. The molecule has 1 aliphatic rings. The first-order chi connectivity index (χ1) is 12.9. The number of hydrogen-bond donors (Lipinski definition) is 2. The maximum absolute atomic E-state index is 14.0. The van der Waals surface area contributed by atoms with Gasteiger partial charge in [0.2, 0.25) is 5.91 Å². The fraction of sp³-hybridized carbons (Fsp3) is 0.579. The molecule has 1 fully saturated rings. The van der Waals surface area contributed by atoms with Crippen LogP contribution in [0.3, 0.4) is 0 Å². The third-order valence-electron chi connectivity index (χ3n) is 4.36. The normalized spacial score (nSPS) is 15.3. The molecular formula is C19H29F2N5O. The summed E-state index contributed by atoms with van der Waals surface area (Å²) in [5.74, 6) is -0.103. The van der Waals surface area contributed by atoms with Gasteiger partial charge in [0.05, 0.1) is 12.2 Å². The van der Waals surface area contributed by atoms with E-state index < -0.39 is 11.6 Å². The number of carbonyl (C=O) groups is 1. The van der Waals surface area contributed by atoms with Gasteiger partial charge < -0.3 is 20.4 Å². The first-order valence-corrected chi connectivity index (χ1v) is 9.43. The third-order valence-corrected chi connectivity index (χ3v) is 4.36. The summed E-state index contributed by atoms with van der Waals surface area (Å²) in [7, 11) is 0. The van der Waals surface area contributed by atoms with Gasteiger partial charge in [-0.2, -0.15) is 0 Å². The van der Waals surface area contributed by atoms with Crippen LogP contribution < -0.4 is 15.5 Å². The molecule has 0 radical (unpaired) electrons. The van der Waals surface area contributed by atoms with Crippen LogP contribution in [-0.2, 0) is 4.79 Å². The summed E-state index contributed by atoms with van der Waals surface area (Å²) in [4.78, 5) is 20.1. The van der Waals surface area contributed by atoms with Crippen molar-refractivity contribution >= 4 is 17.6 Å². The predicted molar refractivity (Wildman–Crippen MR) is 104 cm³/mol. The summed E-state index contributed by atoms with van der Waals surface area (Å²) in [6, 6.07) is 3.53. The van der Waals surface area contributed by atoms with E-state index >= 15 is 0 Å². The molecule has 1 aliphatic heterocycles. The van der Waals surface area contributed by atoms with E-state index in [0.717, 1.165) is 24.6 Å². The lowest BCUT2D eigenvalue weighted by atomic mass is 10.2. The maximum atomic E-state index is 14.0. The standard InChI is InChI=1S/C19H29F2N5O/c1-4-22-19(24-8-7-23-18(27)14(2)3)26-11-9-25(10-12-26)17-13-15(20)5-6-16(17)21/h5-6,13-14H,4,7-12H2,1-3H3,(H,22,24)(H,23,27). The van der Waals surface area contributed by atoms with Crippen molar-refractivity contribution in [1.29, 1.82) is 0 Å². The van der Waals surface area contributed by atoms with Crippen LogP contribution in [0.5, 0.6) is 0 Å². The van der Waals surface area contributed by atoms with Gasteiger partial charge in [-0.05, 0) is 19.1 Å². The molecule has 2 N–H and O–H groups in total. The van der Waals surface area contributed by atoms with Crippen LogP contribution in [0.4, 0.5) is 14.5 Å². The topological polar surface area (TPSA) is 60.0 Å². The summed E-state index contributed by atoms with van der Waals surface area (Å²) in [5.41, 5.74) is 0.299. The van der Waals surface area contributed by atoms with Crippen molar-refractivity contribution in [2.24, 2.45) is 10.9 Å². The van der Waals surface area contributed by atoms with Gasteiger partial charge in [-0.15, -0.1) is 0 Å². The van der Waals surface area contributed by atoms with Crippen molar-refractivity contribution < 1.29 is 13.6 Å². The Labute approximate surface area is 159 Å². The second-order valence-electron chi connectivity index (χ2n) is 6.75. The van der Waals surface area contributed by atoms with Crippen LogP contribution in [0.2, 0.25) is 0 Å². The van der Waals surface area contributed by atoms with Crippen LogP contribution in [-0.4, -0.2) is 62.6 Å². The van der Waals surface area contributed by atoms with E-state index in [9.17, 15) is 13.6 Å². The second-order valence-corrected chi connectivity index (χ2v) is 6.75. The number of anilines is 1. The monoisotopic (exact) mass is 381 g/mol. The number of aliphatic imine (C=N–C) groups is 1. The van der Waals surface area contributed by atoms with Gasteiger partial charge in [0.1, 0.15) is 11.6 Å². The Hall–Kier alpha value is -2.38. The van der Waals surface area contributed by atoms with Gasteiger partial charge in [-0.1, -0.05) is 13.8 Å². The fourth-order valence-electron chi connectivity index (χ4n) is 2.86. The molecule has 0 atom stereocenters. The van der Waals surface area contributed by atoms with Crippen molar-refractivity contribution in [2.45, 2.75) is 20.8 Å². The van der Waals surface area contributed by atoms with Crippen LogP contribution in [0.25, 0.3) is 0 Å². The van der Waals surface area contributed by atoms with E-state index in [4.69, 9.17) is 0 Å². The Morgan fingerprint density at radius 2 is 1.89 bits per heavy atom. The smallest absolute Gasteiger partial charge is 0.222 e. The minimum atomic E-state index is -0.438. The van der Waals surface area contributed by atoms with E-state index in [0.29, 0.717) is 45.0 Å². The molecule has 1 aromatic rings. The molecule has 0 bridgehead atoms. The van der Waals surface area contributed by atoms with E-state index in [2.05, 4.69) is 20.5 Å². The number of nitrogens with zero attached hydrogens (tertiary/aromatic N) is 3. The summed E-state index contributed by atoms with van der Waals surface area (Å²) in [6.45, 7) is 9.86. The third kappa shape index (κ3) is 6.08. The molecule has 1 amide bonds. The maximum Gasteiger partial charge on any atom is 0.222 e. The first-order valence-electron chi connectivity index (χ1n) is 9.43. The summed E-state index contributed by atoms with van der Waals surface area (Å²) in [5, 5.41) is 6.09. The highest BCUT2D eigenvalue weighted by atomic mass is 19.1. The van der Waals surface area contributed by atoms with Gasteiger partial charge in [0.15, 0.2) is 5.96 Å². The van der Waals surface area contributed by atoms with Crippen LogP contribution in [0.15, 0.2) is 23.2 Å². The van der Waals surface area contributed by atoms with Gasteiger partial charge >= 0.3 is 0 Å². The van der Waals surface area contributed by atoms with Crippen LogP contribution in [0.1, 0.15) is 20.8 Å². The van der Waals surface area contributed by atoms with Gasteiger partial charge in [-0.25, -0.2) is 8.78 Å². The number of benzene rings is 1. The number of guanidine groups is 1. The summed E-state index contributed by atoms with van der Waals surface area (Å²) < 4.78 is 27.4. The number of carbonyl (C=O) groups excluding carboxylic acids is 1. The average molecular weight is 381 g/mol. The van der Waals surface area contributed by atoms with Crippen molar-refractivity contribution in [3.8, 4) is 0 Å². The number of rotatable bonds is 6. The predicted octanol–water partition coefficient (Wildman–Crippen LogP) is 1.82. The van der Waals surface area contributed by atoms with Gasteiger partial charge in [-0.3, -0.25) is 9.79 Å². The first kappa shape index (κ1) is 20.9. The van der Waals surface area contributed by atoms with E-state index in [1.54, 1.807) is 0 Å². The highest BCUT2D eigenvalue weighted by molar-refractivity contribution is 5.80. The Morgan fingerprint density at radius 1 is 1.19 bits per heavy atom.